The van der Waals surface area contributed by atoms with Crippen molar-refractivity contribution in [2.75, 3.05) is 24.2 Å². The predicted molar refractivity (Wildman–Crippen MR) is 55.0 cm³/mol. The summed E-state index contributed by atoms with van der Waals surface area (Å²) in [5.41, 5.74) is 6.97. The van der Waals surface area contributed by atoms with Crippen LogP contribution in [0.5, 0.6) is 0 Å². The average molecular weight is 177 g/mol. The Morgan fingerprint density at radius 3 is 3.08 bits per heavy atom. The van der Waals surface area contributed by atoms with Gasteiger partial charge in [0.25, 0.3) is 0 Å². The predicted octanol–water partition coefficient (Wildman–Crippen LogP) is 1.61. The molecule has 0 saturated carbocycles. The van der Waals surface area contributed by atoms with Gasteiger partial charge in [-0.25, -0.2) is 4.98 Å². The van der Waals surface area contributed by atoms with Crippen LogP contribution in [0.25, 0.3) is 0 Å². The van der Waals surface area contributed by atoms with Crippen molar-refractivity contribution in [1.29, 1.82) is 0 Å². The van der Waals surface area contributed by atoms with Crippen molar-refractivity contribution >= 4 is 11.6 Å². The lowest BCUT2D eigenvalue weighted by Gasteiger charge is -2.30. The van der Waals surface area contributed by atoms with E-state index in [-0.39, 0.29) is 0 Å². The second-order valence-electron chi connectivity index (χ2n) is 3.76. The van der Waals surface area contributed by atoms with E-state index in [0.717, 1.165) is 12.4 Å². The van der Waals surface area contributed by atoms with Crippen molar-refractivity contribution in [3.05, 3.63) is 17.7 Å². The van der Waals surface area contributed by atoms with Crippen LogP contribution in [0.3, 0.4) is 0 Å². The molecule has 0 spiro atoms. The number of pyridine rings is 1. The number of nitrogens with two attached hydrogens (primary N) is 1. The second-order valence-corrected chi connectivity index (χ2v) is 3.76. The number of aromatic nitrogens is 1. The normalized spacial score (nSPS) is 21.4. The fraction of sp³-hybridized carbons (Fsp3) is 0.500. The average Bonchev–Trinajstić information content (AvgIpc) is 2.12. The quantitative estimate of drug-likeness (QED) is 0.654. The van der Waals surface area contributed by atoms with Crippen molar-refractivity contribution in [2.45, 2.75) is 19.3 Å². The first kappa shape index (κ1) is 8.35. The van der Waals surface area contributed by atoms with Crippen LogP contribution in [0.1, 0.15) is 24.8 Å². The lowest BCUT2D eigenvalue weighted by Crippen LogP contribution is -2.27. The molecule has 1 aliphatic heterocycles. The number of hydrogen-bond acceptors (Lipinski definition) is 3. The Hall–Kier alpha value is -1.25. The van der Waals surface area contributed by atoms with Gasteiger partial charge in [-0.15, -0.1) is 0 Å². The van der Waals surface area contributed by atoms with Gasteiger partial charge in [0.1, 0.15) is 11.6 Å². The molecular formula is C10H15N3. The van der Waals surface area contributed by atoms with E-state index >= 15 is 0 Å². The summed E-state index contributed by atoms with van der Waals surface area (Å²) < 4.78 is 0. The Kier molecular flexibility index (Phi) is 1.87. The minimum absolute atomic E-state index is 0.610. The van der Waals surface area contributed by atoms with E-state index < -0.39 is 0 Å². The summed E-state index contributed by atoms with van der Waals surface area (Å²) in [6.07, 6.45) is 1.20. The fourth-order valence-corrected chi connectivity index (χ4v) is 1.81. The molecule has 0 fully saturated rings. The van der Waals surface area contributed by atoms with Crippen molar-refractivity contribution < 1.29 is 0 Å². The van der Waals surface area contributed by atoms with E-state index in [1.54, 1.807) is 0 Å². The van der Waals surface area contributed by atoms with Crippen LogP contribution < -0.4 is 10.6 Å². The maximum Gasteiger partial charge on any atom is 0.134 e. The van der Waals surface area contributed by atoms with Gasteiger partial charge in [-0.3, -0.25) is 0 Å². The highest BCUT2D eigenvalue weighted by atomic mass is 15.2. The number of nitrogens with zero attached hydrogens (tertiary/aromatic N) is 2. The molecule has 0 aliphatic carbocycles. The van der Waals surface area contributed by atoms with E-state index in [1.165, 1.54) is 12.0 Å². The summed E-state index contributed by atoms with van der Waals surface area (Å²) in [5, 5.41) is 0. The zero-order valence-corrected chi connectivity index (χ0v) is 8.12. The third-order valence-corrected chi connectivity index (χ3v) is 2.72. The molecule has 3 nitrogen and oxygen atoms in total. The Labute approximate surface area is 78.6 Å². The summed E-state index contributed by atoms with van der Waals surface area (Å²) in [7, 11) is 2.07. The molecule has 0 saturated heterocycles. The van der Waals surface area contributed by atoms with Crippen LogP contribution in [0, 0.1) is 0 Å². The summed E-state index contributed by atoms with van der Waals surface area (Å²) >= 11 is 0. The van der Waals surface area contributed by atoms with E-state index in [4.69, 9.17) is 5.73 Å². The molecule has 0 amide bonds. The fourth-order valence-electron chi connectivity index (χ4n) is 1.81. The first-order chi connectivity index (χ1) is 6.18. The number of fused-ring (bicyclic) bond motifs is 1. The largest absolute Gasteiger partial charge is 0.384 e. The highest BCUT2D eigenvalue weighted by Crippen LogP contribution is 2.32. The number of hydrogen-bond donors (Lipinski definition) is 1. The van der Waals surface area contributed by atoms with Gasteiger partial charge in [0, 0.05) is 13.6 Å². The van der Waals surface area contributed by atoms with Crippen LogP contribution in [0.2, 0.25) is 0 Å². The second kappa shape index (κ2) is 2.91. The third-order valence-electron chi connectivity index (χ3n) is 2.72. The van der Waals surface area contributed by atoms with Gasteiger partial charge in [0.05, 0.1) is 0 Å². The Bertz CT molecular complexity index is 322. The monoisotopic (exact) mass is 177 g/mol. The molecule has 1 aromatic heterocycles. The highest BCUT2D eigenvalue weighted by molar-refractivity contribution is 5.54. The minimum atomic E-state index is 0.610. The Morgan fingerprint density at radius 2 is 2.31 bits per heavy atom. The maximum absolute atomic E-state index is 5.65. The third kappa shape index (κ3) is 1.34. The number of rotatable bonds is 0. The SMILES string of the molecule is CC1CCN(C)c2nc(N)ccc21. The van der Waals surface area contributed by atoms with Gasteiger partial charge in [-0.1, -0.05) is 13.0 Å². The molecule has 1 aliphatic rings. The van der Waals surface area contributed by atoms with E-state index in [2.05, 4.69) is 29.9 Å². The van der Waals surface area contributed by atoms with Crippen LogP contribution in [-0.2, 0) is 0 Å². The number of anilines is 2. The van der Waals surface area contributed by atoms with Gasteiger partial charge >= 0.3 is 0 Å². The molecule has 2 heterocycles. The van der Waals surface area contributed by atoms with Gasteiger partial charge in [-0.2, -0.15) is 0 Å². The van der Waals surface area contributed by atoms with Crippen molar-refractivity contribution in [2.24, 2.45) is 0 Å². The van der Waals surface area contributed by atoms with Crippen molar-refractivity contribution in [3.63, 3.8) is 0 Å². The zero-order valence-electron chi connectivity index (χ0n) is 8.12. The van der Waals surface area contributed by atoms with Gasteiger partial charge < -0.3 is 10.6 Å². The van der Waals surface area contributed by atoms with E-state index in [0.29, 0.717) is 11.7 Å². The molecule has 1 unspecified atom stereocenters. The highest BCUT2D eigenvalue weighted by Gasteiger charge is 2.20. The van der Waals surface area contributed by atoms with Crippen molar-refractivity contribution in [3.8, 4) is 0 Å². The first-order valence-corrected chi connectivity index (χ1v) is 4.66. The molecule has 70 valence electrons. The molecule has 2 rings (SSSR count). The summed E-state index contributed by atoms with van der Waals surface area (Å²) in [4.78, 5) is 6.52. The van der Waals surface area contributed by atoms with Crippen LogP contribution in [-0.4, -0.2) is 18.6 Å². The van der Waals surface area contributed by atoms with Gasteiger partial charge in [0.2, 0.25) is 0 Å². The Morgan fingerprint density at radius 1 is 1.54 bits per heavy atom. The minimum Gasteiger partial charge on any atom is -0.384 e. The van der Waals surface area contributed by atoms with Crippen LogP contribution in [0.15, 0.2) is 12.1 Å². The van der Waals surface area contributed by atoms with Crippen molar-refractivity contribution in [1.82, 2.24) is 4.98 Å². The molecule has 3 heteroatoms. The smallest absolute Gasteiger partial charge is 0.134 e. The molecule has 2 N–H and O–H groups in total. The number of nitrogen functional groups attached to an aromatic ring is 1. The van der Waals surface area contributed by atoms with Crippen LogP contribution in [0.4, 0.5) is 11.6 Å². The van der Waals surface area contributed by atoms with Crippen LogP contribution >= 0.6 is 0 Å². The van der Waals surface area contributed by atoms with E-state index in [1.807, 2.05) is 6.07 Å². The molecular weight excluding hydrogens is 162 g/mol. The van der Waals surface area contributed by atoms with Gasteiger partial charge in [0.15, 0.2) is 0 Å². The summed E-state index contributed by atoms with van der Waals surface area (Å²) in [5.74, 6) is 2.28. The zero-order chi connectivity index (χ0) is 9.42. The molecule has 13 heavy (non-hydrogen) atoms. The molecule has 1 atom stereocenters. The molecule has 0 bridgehead atoms. The summed E-state index contributed by atoms with van der Waals surface area (Å²) in [6.45, 7) is 3.31. The summed E-state index contributed by atoms with van der Waals surface area (Å²) in [6, 6.07) is 3.98. The lowest BCUT2D eigenvalue weighted by atomic mass is 9.94. The topological polar surface area (TPSA) is 42.2 Å². The molecule has 0 aromatic carbocycles. The maximum atomic E-state index is 5.65. The first-order valence-electron chi connectivity index (χ1n) is 4.66. The molecule has 1 aromatic rings. The standard InChI is InChI=1S/C10H15N3/c1-7-5-6-13(2)10-8(7)3-4-9(11)12-10/h3-4,7H,5-6H2,1-2H3,(H2,11,12). The Balaban J connectivity index is 2.50. The van der Waals surface area contributed by atoms with E-state index in [9.17, 15) is 0 Å². The van der Waals surface area contributed by atoms with Gasteiger partial charge in [-0.05, 0) is 24.0 Å². The lowest BCUT2D eigenvalue weighted by molar-refractivity contribution is 0.629. The molecule has 0 radical (unpaired) electrons.